The van der Waals surface area contributed by atoms with Crippen LogP contribution in [0.3, 0.4) is 0 Å². The molecule has 4 nitrogen and oxygen atoms in total. The first kappa shape index (κ1) is 15.4. The van der Waals surface area contributed by atoms with Crippen molar-refractivity contribution >= 4 is 32.7 Å². The molecule has 2 N–H and O–H groups in total. The summed E-state index contributed by atoms with van der Waals surface area (Å²) in [6, 6.07) is 7.99. The molecule has 3 rings (SSSR count). The van der Waals surface area contributed by atoms with Gasteiger partial charge in [-0.25, -0.2) is 0 Å². The fourth-order valence-electron chi connectivity index (χ4n) is 3.26. The minimum Gasteiger partial charge on any atom is -0.336 e. The van der Waals surface area contributed by atoms with E-state index in [0.29, 0.717) is 12.5 Å². The molecule has 1 amide bonds. The molecule has 0 bridgehead atoms. The lowest BCUT2D eigenvalue weighted by Crippen LogP contribution is -2.34. The van der Waals surface area contributed by atoms with E-state index < -0.39 is 0 Å². The van der Waals surface area contributed by atoms with Crippen molar-refractivity contribution in [1.29, 1.82) is 0 Å². The first-order valence-corrected chi connectivity index (χ1v) is 8.37. The standard InChI is InChI=1S/C17H20BrN3O/c1-10-5-15(14-4-3-13(18)7-16(14)20-10)17(22)21-9-12(8-19)6-11(21)2/h3-5,7,11-12H,6,8-9,19H2,1-2H3. The average Bonchev–Trinajstić information content (AvgIpc) is 2.86. The van der Waals surface area contributed by atoms with Crippen molar-refractivity contribution in [3.8, 4) is 0 Å². The number of likely N-dealkylation sites (tertiary alicyclic amines) is 1. The van der Waals surface area contributed by atoms with E-state index in [1.165, 1.54) is 0 Å². The third kappa shape index (κ3) is 2.75. The number of halogens is 1. The van der Waals surface area contributed by atoms with Crippen LogP contribution in [0.4, 0.5) is 0 Å². The number of nitrogens with zero attached hydrogens (tertiary/aromatic N) is 2. The second kappa shape index (κ2) is 5.97. The summed E-state index contributed by atoms with van der Waals surface area (Å²) >= 11 is 3.46. The summed E-state index contributed by atoms with van der Waals surface area (Å²) in [6.07, 6.45) is 0.982. The highest BCUT2D eigenvalue weighted by molar-refractivity contribution is 9.10. The molecule has 1 aliphatic rings. The van der Waals surface area contributed by atoms with E-state index in [-0.39, 0.29) is 11.9 Å². The van der Waals surface area contributed by atoms with Crippen LogP contribution >= 0.6 is 15.9 Å². The maximum absolute atomic E-state index is 13.0. The minimum absolute atomic E-state index is 0.0845. The fourth-order valence-corrected chi connectivity index (χ4v) is 3.61. The highest BCUT2D eigenvalue weighted by Gasteiger charge is 2.32. The molecule has 2 heterocycles. The van der Waals surface area contributed by atoms with Crippen LogP contribution in [0.5, 0.6) is 0 Å². The maximum Gasteiger partial charge on any atom is 0.254 e. The Balaban J connectivity index is 2.04. The Morgan fingerprint density at radius 3 is 2.91 bits per heavy atom. The lowest BCUT2D eigenvalue weighted by Gasteiger charge is -2.22. The van der Waals surface area contributed by atoms with E-state index >= 15 is 0 Å². The third-order valence-electron chi connectivity index (χ3n) is 4.39. The van der Waals surface area contributed by atoms with Crippen LogP contribution in [0.25, 0.3) is 10.9 Å². The molecule has 0 aliphatic carbocycles. The second-order valence-corrected chi connectivity index (χ2v) is 7.03. The van der Waals surface area contributed by atoms with Gasteiger partial charge >= 0.3 is 0 Å². The minimum atomic E-state index is 0.0845. The number of nitrogens with two attached hydrogens (primary N) is 1. The van der Waals surface area contributed by atoms with E-state index in [1.807, 2.05) is 36.1 Å². The molecule has 0 spiro atoms. The molecule has 5 heteroatoms. The van der Waals surface area contributed by atoms with Gasteiger partial charge in [0.2, 0.25) is 0 Å². The largest absolute Gasteiger partial charge is 0.336 e. The highest BCUT2D eigenvalue weighted by Crippen LogP contribution is 2.28. The van der Waals surface area contributed by atoms with Gasteiger partial charge in [0.25, 0.3) is 5.91 Å². The Morgan fingerprint density at radius 2 is 2.23 bits per heavy atom. The van der Waals surface area contributed by atoms with E-state index in [1.54, 1.807) is 0 Å². The van der Waals surface area contributed by atoms with Crippen LogP contribution < -0.4 is 5.73 Å². The van der Waals surface area contributed by atoms with Gasteiger partial charge in [-0.1, -0.05) is 22.0 Å². The van der Waals surface area contributed by atoms with Crippen molar-refractivity contribution < 1.29 is 4.79 Å². The monoisotopic (exact) mass is 361 g/mol. The summed E-state index contributed by atoms with van der Waals surface area (Å²) in [5.41, 5.74) is 8.22. The van der Waals surface area contributed by atoms with Crippen LogP contribution in [-0.2, 0) is 0 Å². The van der Waals surface area contributed by atoms with Gasteiger partial charge in [-0.05, 0) is 50.9 Å². The fraction of sp³-hybridized carbons (Fsp3) is 0.412. The smallest absolute Gasteiger partial charge is 0.254 e. The summed E-state index contributed by atoms with van der Waals surface area (Å²) in [4.78, 5) is 19.5. The summed E-state index contributed by atoms with van der Waals surface area (Å²) in [7, 11) is 0. The van der Waals surface area contributed by atoms with Gasteiger partial charge < -0.3 is 10.6 Å². The third-order valence-corrected chi connectivity index (χ3v) is 4.88. The van der Waals surface area contributed by atoms with Crippen molar-refractivity contribution in [2.75, 3.05) is 13.1 Å². The number of aryl methyl sites for hydroxylation is 1. The molecule has 22 heavy (non-hydrogen) atoms. The van der Waals surface area contributed by atoms with Crippen molar-refractivity contribution in [3.63, 3.8) is 0 Å². The van der Waals surface area contributed by atoms with Gasteiger partial charge in [0.05, 0.1) is 11.1 Å². The van der Waals surface area contributed by atoms with Gasteiger partial charge in [0.1, 0.15) is 0 Å². The van der Waals surface area contributed by atoms with Crippen molar-refractivity contribution in [2.45, 2.75) is 26.3 Å². The second-order valence-electron chi connectivity index (χ2n) is 6.12. The predicted octanol–water partition coefficient (Wildman–Crippen LogP) is 3.12. The van der Waals surface area contributed by atoms with Crippen LogP contribution in [0.15, 0.2) is 28.7 Å². The van der Waals surface area contributed by atoms with Gasteiger partial charge in [0.15, 0.2) is 0 Å². The molecule has 1 aromatic carbocycles. The molecule has 2 atom stereocenters. The Kier molecular flexibility index (Phi) is 4.19. The van der Waals surface area contributed by atoms with E-state index in [9.17, 15) is 4.79 Å². The molecule has 1 aliphatic heterocycles. The number of aromatic nitrogens is 1. The lowest BCUT2D eigenvalue weighted by molar-refractivity contribution is 0.0745. The highest BCUT2D eigenvalue weighted by atomic mass is 79.9. The topological polar surface area (TPSA) is 59.2 Å². The van der Waals surface area contributed by atoms with Crippen molar-refractivity contribution in [3.05, 3.63) is 40.0 Å². The Hall–Kier alpha value is -1.46. The van der Waals surface area contributed by atoms with Crippen LogP contribution in [-0.4, -0.2) is 34.9 Å². The molecule has 1 fully saturated rings. The van der Waals surface area contributed by atoms with Gasteiger partial charge in [0, 0.05) is 28.1 Å². The van der Waals surface area contributed by atoms with Crippen LogP contribution in [0, 0.1) is 12.8 Å². The first-order valence-electron chi connectivity index (χ1n) is 7.57. The number of benzene rings is 1. The van der Waals surface area contributed by atoms with E-state index in [0.717, 1.165) is 39.6 Å². The number of pyridine rings is 1. The first-order chi connectivity index (χ1) is 10.5. The quantitative estimate of drug-likeness (QED) is 0.893. The average molecular weight is 362 g/mol. The SMILES string of the molecule is Cc1cc(C(=O)N2CC(CN)CC2C)c2ccc(Br)cc2n1. The van der Waals surface area contributed by atoms with Crippen molar-refractivity contribution in [1.82, 2.24) is 9.88 Å². The zero-order valence-corrected chi connectivity index (χ0v) is 14.4. The molecular weight excluding hydrogens is 342 g/mol. The summed E-state index contributed by atoms with van der Waals surface area (Å²) < 4.78 is 0.967. The molecule has 1 saturated heterocycles. The van der Waals surface area contributed by atoms with Crippen LogP contribution in [0.1, 0.15) is 29.4 Å². The van der Waals surface area contributed by atoms with Crippen molar-refractivity contribution in [2.24, 2.45) is 11.7 Å². The number of fused-ring (bicyclic) bond motifs is 1. The normalized spacial score (nSPS) is 21.5. The molecule has 0 saturated carbocycles. The summed E-state index contributed by atoms with van der Waals surface area (Å²) in [5.74, 6) is 0.489. The summed E-state index contributed by atoms with van der Waals surface area (Å²) in [6.45, 7) is 5.40. The van der Waals surface area contributed by atoms with Gasteiger partial charge in [-0.15, -0.1) is 0 Å². The van der Waals surface area contributed by atoms with Crippen LogP contribution in [0.2, 0.25) is 0 Å². The summed E-state index contributed by atoms with van der Waals surface area (Å²) in [5, 5.41) is 0.905. The molecule has 116 valence electrons. The number of hydrogen-bond acceptors (Lipinski definition) is 3. The zero-order chi connectivity index (χ0) is 15.9. The van der Waals surface area contributed by atoms with Gasteiger partial charge in [-0.3, -0.25) is 9.78 Å². The Labute approximate surface area is 138 Å². The lowest BCUT2D eigenvalue weighted by atomic mass is 10.1. The molecular formula is C17H20BrN3O. The number of amides is 1. The molecule has 2 aromatic rings. The van der Waals surface area contributed by atoms with Gasteiger partial charge in [-0.2, -0.15) is 0 Å². The number of hydrogen-bond donors (Lipinski definition) is 1. The maximum atomic E-state index is 13.0. The number of carbonyl (C=O) groups excluding carboxylic acids is 1. The Morgan fingerprint density at radius 1 is 1.45 bits per heavy atom. The predicted molar refractivity (Wildman–Crippen MR) is 91.8 cm³/mol. The van der Waals surface area contributed by atoms with E-state index in [2.05, 4.69) is 27.8 Å². The van der Waals surface area contributed by atoms with E-state index in [4.69, 9.17) is 5.73 Å². The number of rotatable bonds is 2. The molecule has 2 unspecified atom stereocenters. The zero-order valence-electron chi connectivity index (χ0n) is 12.8. The Bertz CT molecular complexity index is 726. The molecule has 0 radical (unpaired) electrons. The number of carbonyl (C=O) groups is 1. The molecule has 1 aromatic heterocycles.